The number of hydrogen-bond acceptors (Lipinski definition) is 4. The van der Waals surface area contributed by atoms with Crippen LogP contribution in [0.15, 0.2) is 18.2 Å². The van der Waals surface area contributed by atoms with E-state index in [0.717, 1.165) is 24.7 Å². The van der Waals surface area contributed by atoms with E-state index in [4.69, 9.17) is 0 Å². The largest absolute Gasteiger partial charge is 0.354 e. The molecule has 1 aromatic carbocycles. The average Bonchev–Trinajstić information content (AvgIpc) is 3.10. The maximum absolute atomic E-state index is 13.6. The number of anilines is 1. The molecule has 1 aliphatic rings. The van der Waals surface area contributed by atoms with Crippen molar-refractivity contribution in [2.75, 3.05) is 5.32 Å². The molecule has 1 aromatic heterocycles. The Morgan fingerprint density at radius 2 is 2.16 bits per heavy atom. The highest BCUT2D eigenvalue weighted by Crippen LogP contribution is 2.39. The van der Waals surface area contributed by atoms with Gasteiger partial charge in [-0.25, -0.2) is 13.8 Å². The van der Waals surface area contributed by atoms with Crippen LogP contribution in [0.2, 0.25) is 0 Å². The molecule has 1 unspecified atom stereocenters. The Kier molecular flexibility index (Phi) is 3.18. The third kappa shape index (κ3) is 2.73. The second-order valence-electron chi connectivity index (χ2n) is 4.76. The fourth-order valence-corrected chi connectivity index (χ4v) is 2.65. The molecular weight excluding hydrogens is 268 g/mol. The molecule has 0 radical (unpaired) electrons. The summed E-state index contributed by atoms with van der Waals surface area (Å²) in [5, 5.41) is 3.78. The van der Waals surface area contributed by atoms with Gasteiger partial charge in [-0.15, -0.1) is 0 Å². The summed E-state index contributed by atoms with van der Waals surface area (Å²) in [6.07, 6.45) is 2.30. The molecule has 1 aliphatic carbocycles. The zero-order valence-electron chi connectivity index (χ0n) is 10.4. The quantitative estimate of drug-likeness (QED) is 0.924. The van der Waals surface area contributed by atoms with Gasteiger partial charge >= 0.3 is 0 Å². The molecule has 0 spiro atoms. The van der Waals surface area contributed by atoms with Gasteiger partial charge < -0.3 is 5.32 Å². The minimum absolute atomic E-state index is 0.277. The van der Waals surface area contributed by atoms with Gasteiger partial charge in [-0.3, -0.25) is 0 Å². The molecule has 1 heterocycles. The normalized spacial score (nSPS) is 16.4. The third-order valence-electron chi connectivity index (χ3n) is 3.15. The van der Waals surface area contributed by atoms with Crippen LogP contribution >= 0.6 is 11.5 Å². The third-order valence-corrected chi connectivity index (χ3v) is 3.81. The number of halogens is 2. The summed E-state index contributed by atoms with van der Waals surface area (Å²) < 4.78 is 30.8. The zero-order valence-corrected chi connectivity index (χ0v) is 11.2. The Bertz CT molecular complexity index is 595. The van der Waals surface area contributed by atoms with Crippen LogP contribution in [0.5, 0.6) is 0 Å². The van der Waals surface area contributed by atoms with E-state index < -0.39 is 11.6 Å². The van der Waals surface area contributed by atoms with Gasteiger partial charge in [0.15, 0.2) is 0 Å². The summed E-state index contributed by atoms with van der Waals surface area (Å²) in [6.45, 7) is 1.81. The van der Waals surface area contributed by atoms with Crippen molar-refractivity contribution in [3.8, 4) is 0 Å². The van der Waals surface area contributed by atoms with Gasteiger partial charge in [-0.1, -0.05) is 6.07 Å². The second-order valence-corrected chi connectivity index (χ2v) is 5.52. The maximum atomic E-state index is 13.6. The van der Waals surface area contributed by atoms with Gasteiger partial charge in [0.25, 0.3) is 0 Å². The van der Waals surface area contributed by atoms with Crippen LogP contribution in [0.1, 0.15) is 43.1 Å². The molecule has 0 bridgehead atoms. The van der Waals surface area contributed by atoms with Crippen molar-refractivity contribution in [1.29, 1.82) is 0 Å². The molecule has 100 valence electrons. The molecule has 0 amide bonds. The Hall–Kier alpha value is -1.56. The van der Waals surface area contributed by atoms with E-state index in [0.29, 0.717) is 16.6 Å². The van der Waals surface area contributed by atoms with E-state index in [-0.39, 0.29) is 6.04 Å². The lowest BCUT2D eigenvalue weighted by Gasteiger charge is -2.13. The molecule has 1 N–H and O–H groups in total. The van der Waals surface area contributed by atoms with E-state index >= 15 is 0 Å². The lowest BCUT2D eigenvalue weighted by atomic mass is 10.1. The summed E-state index contributed by atoms with van der Waals surface area (Å²) in [6, 6.07) is 3.32. The van der Waals surface area contributed by atoms with Gasteiger partial charge in [0.2, 0.25) is 5.13 Å². The highest BCUT2D eigenvalue weighted by molar-refractivity contribution is 7.09. The number of nitrogens with one attached hydrogen (secondary N) is 1. The first-order chi connectivity index (χ1) is 9.13. The van der Waals surface area contributed by atoms with Crippen molar-refractivity contribution < 1.29 is 8.78 Å². The molecular formula is C13H13F2N3S. The predicted octanol–water partition coefficient (Wildman–Crippen LogP) is 3.87. The molecule has 3 rings (SSSR count). The summed E-state index contributed by atoms with van der Waals surface area (Å²) >= 11 is 1.28. The monoisotopic (exact) mass is 281 g/mol. The van der Waals surface area contributed by atoms with Crippen molar-refractivity contribution in [3.05, 3.63) is 41.2 Å². The van der Waals surface area contributed by atoms with Gasteiger partial charge in [-0.05, 0) is 25.8 Å². The highest BCUT2D eigenvalue weighted by atomic mass is 32.1. The van der Waals surface area contributed by atoms with Crippen molar-refractivity contribution in [3.63, 3.8) is 0 Å². The number of hydrogen-bond donors (Lipinski definition) is 1. The smallest absolute Gasteiger partial charge is 0.203 e. The van der Waals surface area contributed by atoms with Gasteiger partial charge in [-0.2, -0.15) is 4.37 Å². The van der Waals surface area contributed by atoms with Crippen molar-refractivity contribution >= 4 is 16.7 Å². The second kappa shape index (κ2) is 4.85. The Labute approximate surface area is 113 Å². The maximum Gasteiger partial charge on any atom is 0.203 e. The number of benzene rings is 1. The lowest BCUT2D eigenvalue weighted by Crippen LogP contribution is -2.08. The first kappa shape index (κ1) is 12.5. The minimum atomic E-state index is -0.569. The van der Waals surface area contributed by atoms with Crippen molar-refractivity contribution in [2.45, 2.75) is 31.7 Å². The van der Waals surface area contributed by atoms with E-state index in [2.05, 4.69) is 14.7 Å². The van der Waals surface area contributed by atoms with Gasteiger partial charge in [0.05, 0.1) is 6.04 Å². The van der Waals surface area contributed by atoms with Crippen LogP contribution in [-0.4, -0.2) is 9.36 Å². The number of aromatic nitrogens is 2. The van der Waals surface area contributed by atoms with Crippen molar-refractivity contribution in [2.24, 2.45) is 0 Å². The Balaban J connectivity index is 1.73. The van der Waals surface area contributed by atoms with E-state index in [1.807, 2.05) is 6.92 Å². The SMILES string of the molecule is CC(Nc1nc(C2CC2)ns1)c1ccc(F)cc1F. The topological polar surface area (TPSA) is 37.8 Å². The Morgan fingerprint density at radius 1 is 1.37 bits per heavy atom. The highest BCUT2D eigenvalue weighted by Gasteiger charge is 2.28. The number of rotatable bonds is 4. The van der Waals surface area contributed by atoms with Crippen LogP contribution in [0.25, 0.3) is 0 Å². The van der Waals surface area contributed by atoms with Crippen LogP contribution < -0.4 is 5.32 Å². The van der Waals surface area contributed by atoms with E-state index in [1.54, 1.807) is 0 Å². The number of nitrogens with zero attached hydrogens (tertiary/aromatic N) is 2. The Morgan fingerprint density at radius 3 is 2.84 bits per heavy atom. The predicted molar refractivity (Wildman–Crippen MR) is 70.3 cm³/mol. The fourth-order valence-electron chi connectivity index (χ4n) is 1.92. The zero-order chi connectivity index (χ0) is 13.4. The standard InChI is InChI=1S/C13H13F2N3S/c1-7(10-5-4-9(14)6-11(10)15)16-13-17-12(18-19-13)8-2-3-8/h4-8H,2-3H2,1H3,(H,16,17,18). The van der Waals surface area contributed by atoms with Crippen molar-refractivity contribution in [1.82, 2.24) is 9.36 Å². The van der Waals surface area contributed by atoms with Crippen LogP contribution in [0.3, 0.4) is 0 Å². The minimum Gasteiger partial charge on any atom is -0.354 e. The van der Waals surface area contributed by atoms with Crippen LogP contribution in [0, 0.1) is 11.6 Å². The molecule has 1 atom stereocenters. The summed E-state index contributed by atoms with van der Waals surface area (Å²) in [7, 11) is 0. The molecule has 0 aliphatic heterocycles. The van der Waals surface area contributed by atoms with Crippen LogP contribution in [-0.2, 0) is 0 Å². The molecule has 3 nitrogen and oxygen atoms in total. The molecule has 1 saturated carbocycles. The van der Waals surface area contributed by atoms with Crippen LogP contribution in [0.4, 0.5) is 13.9 Å². The first-order valence-corrected chi connectivity index (χ1v) is 6.96. The average molecular weight is 281 g/mol. The first-order valence-electron chi connectivity index (χ1n) is 6.18. The van der Waals surface area contributed by atoms with Gasteiger partial charge in [0.1, 0.15) is 17.5 Å². The molecule has 2 aromatic rings. The molecule has 0 saturated heterocycles. The molecule has 19 heavy (non-hydrogen) atoms. The fraction of sp³-hybridized carbons (Fsp3) is 0.385. The van der Waals surface area contributed by atoms with Gasteiger partial charge in [0, 0.05) is 29.1 Å². The van der Waals surface area contributed by atoms with E-state index in [1.165, 1.54) is 23.7 Å². The molecule has 1 fully saturated rings. The lowest BCUT2D eigenvalue weighted by molar-refractivity contribution is 0.566. The summed E-state index contributed by atoms with van der Waals surface area (Å²) in [5.74, 6) is 0.260. The molecule has 6 heteroatoms. The summed E-state index contributed by atoms with van der Waals surface area (Å²) in [4.78, 5) is 4.38. The van der Waals surface area contributed by atoms with E-state index in [9.17, 15) is 8.78 Å². The summed E-state index contributed by atoms with van der Waals surface area (Å²) in [5.41, 5.74) is 0.421.